The molecular formula is C26H20N2OS. The third kappa shape index (κ3) is 2.50. The molecule has 0 N–H and O–H groups in total. The average molecular weight is 409 g/mol. The van der Waals surface area contributed by atoms with Gasteiger partial charge in [0.05, 0.1) is 12.0 Å². The lowest BCUT2D eigenvalue weighted by atomic mass is 9.82. The number of fused-ring (bicyclic) bond motifs is 6. The van der Waals surface area contributed by atoms with E-state index < -0.39 is 0 Å². The predicted molar refractivity (Wildman–Crippen MR) is 126 cm³/mol. The molecule has 146 valence electrons. The van der Waals surface area contributed by atoms with E-state index in [1.165, 1.54) is 21.0 Å². The zero-order valence-electron chi connectivity index (χ0n) is 17.1. The zero-order valence-corrected chi connectivity index (χ0v) is 17.9. The number of nitrogens with zero attached hydrogens (tertiary/aromatic N) is 2. The highest BCUT2D eigenvalue weighted by Crippen LogP contribution is 2.43. The highest BCUT2D eigenvalue weighted by molar-refractivity contribution is 7.25. The second-order valence-electron chi connectivity index (χ2n) is 8.78. The van der Waals surface area contributed by atoms with Gasteiger partial charge in [-0.1, -0.05) is 45.0 Å². The molecule has 0 fully saturated rings. The smallest absolute Gasteiger partial charge is 0.143 e. The molecule has 30 heavy (non-hydrogen) atoms. The van der Waals surface area contributed by atoms with E-state index in [9.17, 15) is 0 Å². The third-order valence-corrected chi connectivity index (χ3v) is 6.86. The first-order valence-corrected chi connectivity index (χ1v) is 10.9. The molecule has 6 rings (SSSR count). The lowest BCUT2D eigenvalue weighted by Crippen LogP contribution is -2.12. The number of aromatic nitrogens is 2. The van der Waals surface area contributed by atoms with Crippen LogP contribution in [0.25, 0.3) is 53.3 Å². The van der Waals surface area contributed by atoms with Gasteiger partial charge in [0.15, 0.2) is 0 Å². The number of furan rings is 1. The molecule has 0 unspecified atom stereocenters. The maximum atomic E-state index is 5.89. The number of hydrogen-bond acceptors (Lipinski definition) is 4. The fraction of sp³-hybridized carbons (Fsp3) is 0.154. The Labute approximate surface area is 178 Å². The van der Waals surface area contributed by atoms with E-state index in [0.29, 0.717) is 0 Å². The Bertz CT molecular complexity index is 1580. The third-order valence-electron chi connectivity index (χ3n) is 5.80. The van der Waals surface area contributed by atoms with Crippen LogP contribution in [0.4, 0.5) is 0 Å². The monoisotopic (exact) mass is 408 g/mol. The van der Waals surface area contributed by atoms with Crippen molar-refractivity contribution >= 4 is 53.4 Å². The zero-order chi connectivity index (χ0) is 20.5. The van der Waals surface area contributed by atoms with Crippen molar-refractivity contribution in [3.63, 3.8) is 0 Å². The summed E-state index contributed by atoms with van der Waals surface area (Å²) in [6.45, 7) is 6.79. The van der Waals surface area contributed by atoms with Crippen molar-refractivity contribution in [3.8, 4) is 11.3 Å². The van der Waals surface area contributed by atoms with E-state index in [1.807, 2.05) is 6.07 Å². The van der Waals surface area contributed by atoms with Crippen LogP contribution in [0.3, 0.4) is 0 Å². The summed E-state index contributed by atoms with van der Waals surface area (Å²) >= 11 is 1.69. The lowest BCUT2D eigenvalue weighted by molar-refractivity contribution is 0.596. The number of rotatable bonds is 1. The highest BCUT2D eigenvalue weighted by Gasteiger charge is 2.21. The van der Waals surface area contributed by atoms with E-state index in [4.69, 9.17) is 9.40 Å². The first-order valence-electron chi connectivity index (χ1n) is 10.1. The summed E-state index contributed by atoms with van der Waals surface area (Å²) in [6.07, 6.45) is 3.43. The fourth-order valence-corrected chi connectivity index (χ4v) is 5.44. The van der Waals surface area contributed by atoms with Crippen molar-refractivity contribution in [2.24, 2.45) is 0 Å². The summed E-state index contributed by atoms with van der Waals surface area (Å²) in [5, 5.41) is 5.81. The van der Waals surface area contributed by atoms with Crippen molar-refractivity contribution in [2.45, 2.75) is 26.2 Å². The van der Waals surface area contributed by atoms with Gasteiger partial charge in [0.25, 0.3) is 0 Å². The van der Waals surface area contributed by atoms with Crippen molar-refractivity contribution in [1.29, 1.82) is 0 Å². The molecule has 0 aliphatic heterocycles. The standard InChI is InChI=1S/C26H20N2OS/c1-26(2,3)19-13-17(12-16-6-4-5-7-18(16)19)23-22-21-20(30-25(22)28-14-27-23)9-8-15-10-11-29-24(15)21/h4-14H,1-3H3. The normalized spacial score (nSPS) is 12.5. The predicted octanol–water partition coefficient (Wildman–Crippen LogP) is 7.71. The van der Waals surface area contributed by atoms with Gasteiger partial charge in [0, 0.05) is 26.4 Å². The lowest BCUT2D eigenvalue weighted by Gasteiger charge is -2.22. The SMILES string of the molecule is CC(C)(C)c1cc(-c2ncnc3sc4ccc5ccoc5c4c23)cc2ccccc12. The van der Waals surface area contributed by atoms with Gasteiger partial charge in [-0.25, -0.2) is 9.97 Å². The van der Waals surface area contributed by atoms with E-state index in [2.05, 4.69) is 74.3 Å². The van der Waals surface area contributed by atoms with Crippen molar-refractivity contribution < 1.29 is 4.42 Å². The summed E-state index contributed by atoms with van der Waals surface area (Å²) < 4.78 is 7.06. The summed E-state index contributed by atoms with van der Waals surface area (Å²) in [7, 11) is 0. The molecule has 3 aromatic carbocycles. The highest BCUT2D eigenvalue weighted by atomic mass is 32.1. The van der Waals surface area contributed by atoms with E-state index in [0.717, 1.165) is 37.8 Å². The molecule has 0 atom stereocenters. The second kappa shape index (κ2) is 6.13. The van der Waals surface area contributed by atoms with Gasteiger partial charge in [0.1, 0.15) is 16.7 Å². The molecule has 4 heteroatoms. The second-order valence-corrected chi connectivity index (χ2v) is 9.81. The molecule has 0 aliphatic rings. The van der Waals surface area contributed by atoms with Gasteiger partial charge in [-0.3, -0.25) is 0 Å². The summed E-state index contributed by atoms with van der Waals surface area (Å²) in [6, 6.07) is 19.4. The van der Waals surface area contributed by atoms with Crippen LogP contribution in [0, 0.1) is 0 Å². The van der Waals surface area contributed by atoms with Crippen LogP contribution in [-0.2, 0) is 5.41 Å². The number of hydrogen-bond donors (Lipinski definition) is 0. The Kier molecular flexibility index (Phi) is 3.60. The Morgan fingerprint density at radius 3 is 2.60 bits per heavy atom. The van der Waals surface area contributed by atoms with E-state index in [1.54, 1.807) is 23.9 Å². The van der Waals surface area contributed by atoms with E-state index in [-0.39, 0.29) is 5.41 Å². The van der Waals surface area contributed by atoms with Gasteiger partial charge in [-0.2, -0.15) is 0 Å². The fourth-order valence-electron chi connectivity index (χ4n) is 4.40. The Morgan fingerprint density at radius 1 is 0.867 bits per heavy atom. The van der Waals surface area contributed by atoms with Crippen LogP contribution in [0.15, 0.2) is 71.6 Å². The molecule has 0 bridgehead atoms. The Balaban J connectivity index is 1.76. The molecule has 3 heterocycles. The van der Waals surface area contributed by atoms with Crippen molar-refractivity contribution in [2.75, 3.05) is 0 Å². The molecule has 0 saturated heterocycles. The molecule has 3 aromatic heterocycles. The van der Waals surface area contributed by atoms with Crippen LogP contribution in [0.2, 0.25) is 0 Å². The maximum absolute atomic E-state index is 5.89. The largest absolute Gasteiger partial charge is 0.464 e. The Hall–Kier alpha value is -3.24. The van der Waals surface area contributed by atoms with Crippen LogP contribution in [0.1, 0.15) is 26.3 Å². The average Bonchev–Trinajstić information content (AvgIpc) is 3.35. The first kappa shape index (κ1) is 17.6. The van der Waals surface area contributed by atoms with Crippen molar-refractivity contribution in [1.82, 2.24) is 9.97 Å². The molecule has 0 amide bonds. The van der Waals surface area contributed by atoms with Gasteiger partial charge >= 0.3 is 0 Å². The molecule has 0 radical (unpaired) electrons. The number of thiophene rings is 1. The Morgan fingerprint density at radius 2 is 1.73 bits per heavy atom. The van der Waals surface area contributed by atoms with Gasteiger partial charge in [0.2, 0.25) is 0 Å². The van der Waals surface area contributed by atoms with Crippen LogP contribution >= 0.6 is 11.3 Å². The summed E-state index contributed by atoms with van der Waals surface area (Å²) in [5.74, 6) is 0. The molecule has 0 saturated carbocycles. The first-order chi connectivity index (χ1) is 14.5. The molecular weight excluding hydrogens is 388 g/mol. The van der Waals surface area contributed by atoms with Crippen LogP contribution in [-0.4, -0.2) is 9.97 Å². The van der Waals surface area contributed by atoms with E-state index >= 15 is 0 Å². The minimum Gasteiger partial charge on any atom is -0.464 e. The van der Waals surface area contributed by atoms with Gasteiger partial charge < -0.3 is 4.42 Å². The van der Waals surface area contributed by atoms with Crippen LogP contribution < -0.4 is 0 Å². The summed E-state index contributed by atoms with van der Waals surface area (Å²) in [4.78, 5) is 10.4. The molecule has 0 aliphatic carbocycles. The van der Waals surface area contributed by atoms with Gasteiger partial charge in [-0.05, 0) is 52.1 Å². The van der Waals surface area contributed by atoms with Gasteiger partial charge in [-0.15, -0.1) is 11.3 Å². The minimum atomic E-state index is 0.0206. The molecule has 3 nitrogen and oxygen atoms in total. The topological polar surface area (TPSA) is 38.9 Å². The number of benzene rings is 3. The maximum Gasteiger partial charge on any atom is 0.143 e. The minimum absolute atomic E-state index is 0.0206. The summed E-state index contributed by atoms with van der Waals surface area (Å²) in [5.41, 5.74) is 4.34. The van der Waals surface area contributed by atoms with Crippen molar-refractivity contribution in [3.05, 3.63) is 72.8 Å². The van der Waals surface area contributed by atoms with Crippen LogP contribution in [0.5, 0.6) is 0 Å². The quantitative estimate of drug-likeness (QED) is 0.280. The molecule has 6 aromatic rings. The molecule has 0 spiro atoms.